The first kappa shape index (κ1) is 18.2. The van der Waals surface area contributed by atoms with Gasteiger partial charge >= 0.3 is 0 Å². The molecule has 21 heavy (non-hydrogen) atoms. The molecule has 0 spiro atoms. The molecule has 0 saturated heterocycles. The second kappa shape index (κ2) is 9.21. The van der Waals surface area contributed by atoms with Gasteiger partial charge in [-0.05, 0) is 18.5 Å². The van der Waals surface area contributed by atoms with Crippen LogP contribution in [0.5, 0.6) is 11.5 Å². The summed E-state index contributed by atoms with van der Waals surface area (Å²) >= 11 is 2.01. The Morgan fingerprint density at radius 3 is 2.38 bits per heavy atom. The maximum atomic E-state index is 5.54. The minimum absolute atomic E-state index is 0.294. The fourth-order valence-corrected chi connectivity index (χ4v) is 3.23. The van der Waals surface area contributed by atoms with Crippen molar-refractivity contribution in [2.24, 2.45) is 5.92 Å². The van der Waals surface area contributed by atoms with Crippen LogP contribution in [0.25, 0.3) is 0 Å². The molecule has 0 aliphatic heterocycles. The van der Waals surface area contributed by atoms with Crippen molar-refractivity contribution in [3.63, 3.8) is 0 Å². The van der Waals surface area contributed by atoms with E-state index >= 15 is 0 Å². The van der Waals surface area contributed by atoms with Crippen LogP contribution in [0.1, 0.15) is 39.3 Å². The molecule has 1 rings (SSSR count). The van der Waals surface area contributed by atoms with Crippen molar-refractivity contribution in [1.82, 2.24) is 5.32 Å². The van der Waals surface area contributed by atoms with E-state index in [1.54, 1.807) is 14.2 Å². The molecule has 0 amide bonds. The number of ether oxygens (including phenoxy) is 2. The first-order valence-electron chi connectivity index (χ1n) is 7.60. The number of nitrogens with one attached hydrogen (secondary N) is 1. The third-order valence-corrected chi connectivity index (χ3v) is 5.33. The van der Waals surface area contributed by atoms with Crippen LogP contribution in [0.2, 0.25) is 0 Å². The van der Waals surface area contributed by atoms with E-state index in [2.05, 4.69) is 39.1 Å². The molecule has 0 aromatic heterocycles. The lowest BCUT2D eigenvalue weighted by atomic mass is 10.1. The van der Waals surface area contributed by atoms with E-state index < -0.39 is 0 Å². The molecule has 1 N–H and O–H groups in total. The van der Waals surface area contributed by atoms with E-state index in [-0.39, 0.29) is 0 Å². The second-order valence-electron chi connectivity index (χ2n) is 5.50. The lowest BCUT2D eigenvalue weighted by Crippen LogP contribution is -2.24. The van der Waals surface area contributed by atoms with Gasteiger partial charge in [0.2, 0.25) is 0 Å². The van der Waals surface area contributed by atoms with Crippen LogP contribution >= 0.6 is 11.8 Å². The number of hydrogen-bond donors (Lipinski definition) is 1. The normalized spacial score (nSPS) is 14.0. The Kier molecular flexibility index (Phi) is 7.97. The highest BCUT2D eigenvalue weighted by Crippen LogP contribution is 2.32. The van der Waals surface area contributed by atoms with Gasteiger partial charge in [-0.1, -0.05) is 33.8 Å². The fourth-order valence-electron chi connectivity index (χ4n) is 2.05. The van der Waals surface area contributed by atoms with Crippen molar-refractivity contribution >= 4 is 11.8 Å². The molecule has 120 valence electrons. The van der Waals surface area contributed by atoms with Crippen molar-refractivity contribution in [1.29, 1.82) is 0 Å². The fraction of sp³-hybridized carbons (Fsp3) is 0.647. The number of thioether (sulfide) groups is 1. The van der Waals surface area contributed by atoms with Crippen LogP contribution in [-0.4, -0.2) is 31.8 Å². The monoisotopic (exact) mass is 311 g/mol. The van der Waals surface area contributed by atoms with Crippen molar-refractivity contribution in [2.45, 2.75) is 39.0 Å². The van der Waals surface area contributed by atoms with Gasteiger partial charge in [-0.2, -0.15) is 11.8 Å². The molecule has 2 unspecified atom stereocenters. The minimum Gasteiger partial charge on any atom is -0.497 e. The van der Waals surface area contributed by atoms with Crippen molar-refractivity contribution < 1.29 is 9.47 Å². The van der Waals surface area contributed by atoms with Crippen LogP contribution in [0, 0.1) is 5.92 Å². The largest absolute Gasteiger partial charge is 0.497 e. The maximum absolute atomic E-state index is 5.54. The zero-order valence-electron chi connectivity index (χ0n) is 14.1. The van der Waals surface area contributed by atoms with E-state index in [0.717, 1.165) is 23.8 Å². The smallest absolute Gasteiger partial charge is 0.127 e. The van der Waals surface area contributed by atoms with Gasteiger partial charge < -0.3 is 14.8 Å². The Bertz CT molecular complexity index is 423. The molecule has 0 saturated carbocycles. The Morgan fingerprint density at radius 1 is 1.14 bits per heavy atom. The van der Waals surface area contributed by atoms with Gasteiger partial charge in [-0.25, -0.2) is 0 Å². The molecular weight excluding hydrogens is 282 g/mol. The predicted molar refractivity (Wildman–Crippen MR) is 92.7 cm³/mol. The summed E-state index contributed by atoms with van der Waals surface area (Å²) in [5.74, 6) is 3.44. The van der Waals surface area contributed by atoms with Gasteiger partial charge in [0.15, 0.2) is 0 Å². The predicted octanol–water partition coefficient (Wildman–Crippen LogP) is 4.13. The summed E-state index contributed by atoms with van der Waals surface area (Å²) in [5.41, 5.74) is 1.20. The summed E-state index contributed by atoms with van der Waals surface area (Å²) in [4.78, 5) is 0. The summed E-state index contributed by atoms with van der Waals surface area (Å²) < 4.78 is 10.8. The molecule has 0 heterocycles. The number of hydrogen-bond acceptors (Lipinski definition) is 4. The summed E-state index contributed by atoms with van der Waals surface area (Å²) in [7, 11) is 3.39. The summed E-state index contributed by atoms with van der Waals surface area (Å²) in [6, 6.07) is 6.35. The Hall–Kier alpha value is -0.870. The van der Waals surface area contributed by atoms with Crippen molar-refractivity contribution in [3.8, 4) is 11.5 Å². The van der Waals surface area contributed by atoms with E-state index in [9.17, 15) is 0 Å². The third-order valence-electron chi connectivity index (χ3n) is 3.73. The molecule has 1 aromatic rings. The van der Waals surface area contributed by atoms with E-state index in [1.165, 1.54) is 5.56 Å². The van der Waals surface area contributed by atoms with Crippen LogP contribution in [0.4, 0.5) is 0 Å². The van der Waals surface area contributed by atoms with Gasteiger partial charge in [0.25, 0.3) is 0 Å². The SMILES string of the molecule is CCNC(CSC(C)C(C)C)c1ccc(OC)cc1OC. The topological polar surface area (TPSA) is 30.5 Å². The highest BCUT2D eigenvalue weighted by atomic mass is 32.2. The standard InChI is InChI=1S/C17H29NO2S/c1-7-18-16(11-21-13(4)12(2)3)15-9-8-14(19-5)10-17(15)20-6/h8-10,12-13,16,18H,7,11H2,1-6H3. The van der Waals surface area contributed by atoms with Gasteiger partial charge in [-0.15, -0.1) is 0 Å². The molecule has 2 atom stereocenters. The molecule has 0 bridgehead atoms. The Balaban J connectivity index is 2.89. The summed E-state index contributed by atoms with van der Waals surface area (Å²) in [6.45, 7) is 9.92. The molecule has 1 aromatic carbocycles. The Labute approximate surface area is 133 Å². The first-order chi connectivity index (χ1) is 10.0. The van der Waals surface area contributed by atoms with Gasteiger partial charge in [-0.3, -0.25) is 0 Å². The molecule has 0 aliphatic rings. The molecule has 0 aliphatic carbocycles. The number of methoxy groups -OCH3 is 2. The highest BCUT2D eigenvalue weighted by Gasteiger charge is 2.18. The van der Waals surface area contributed by atoms with Crippen LogP contribution < -0.4 is 14.8 Å². The number of rotatable bonds is 9. The van der Waals surface area contributed by atoms with E-state index in [0.29, 0.717) is 17.2 Å². The summed E-state index contributed by atoms with van der Waals surface area (Å²) in [6.07, 6.45) is 0. The van der Waals surface area contributed by atoms with Crippen LogP contribution in [0.3, 0.4) is 0 Å². The summed E-state index contributed by atoms with van der Waals surface area (Å²) in [5, 5.41) is 4.21. The Morgan fingerprint density at radius 2 is 1.86 bits per heavy atom. The zero-order chi connectivity index (χ0) is 15.8. The third kappa shape index (κ3) is 5.44. The average molecular weight is 311 g/mol. The molecule has 0 fully saturated rings. The minimum atomic E-state index is 0.294. The van der Waals surface area contributed by atoms with Gasteiger partial charge in [0.05, 0.1) is 14.2 Å². The van der Waals surface area contributed by atoms with Crippen molar-refractivity contribution in [3.05, 3.63) is 23.8 Å². The maximum Gasteiger partial charge on any atom is 0.127 e. The molecular formula is C17H29NO2S. The first-order valence-corrected chi connectivity index (χ1v) is 8.65. The number of benzene rings is 1. The quantitative estimate of drug-likeness (QED) is 0.743. The van der Waals surface area contributed by atoms with Crippen LogP contribution in [0.15, 0.2) is 18.2 Å². The van der Waals surface area contributed by atoms with Crippen LogP contribution in [-0.2, 0) is 0 Å². The second-order valence-corrected chi connectivity index (χ2v) is 6.91. The van der Waals surface area contributed by atoms with E-state index in [1.807, 2.05) is 23.9 Å². The zero-order valence-corrected chi connectivity index (χ0v) is 14.9. The molecule has 0 radical (unpaired) electrons. The lowest BCUT2D eigenvalue weighted by molar-refractivity contribution is 0.386. The highest BCUT2D eigenvalue weighted by molar-refractivity contribution is 7.99. The van der Waals surface area contributed by atoms with E-state index in [4.69, 9.17) is 9.47 Å². The molecule has 4 heteroatoms. The van der Waals surface area contributed by atoms with Gasteiger partial charge in [0, 0.05) is 28.7 Å². The molecule has 3 nitrogen and oxygen atoms in total. The van der Waals surface area contributed by atoms with Gasteiger partial charge in [0.1, 0.15) is 11.5 Å². The average Bonchev–Trinajstić information content (AvgIpc) is 2.50. The van der Waals surface area contributed by atoms with Crippen molar-refractivity contribution in [2.75, 3.05) is 26.5 Å². The lowest BCUT2D eigenvalue weighted by Gasteiger charge is -2.23.